The molecular weight excluding hydrogens is 386 g/mol. The first-order chi connectivity index (χ1) is 12.1. The van der Waals surface area contributed by atoms with E-state index in [1.165, 1.54) is 13.8 Å². The van der Waals surface area contributed by atoms with Crippen molar-refractivity contribution >= 4 is 6.09 Å². The standard InChI is InChI=1S/C10H18F3NO3.C5H10F3NO/c1-5-16-7(10(11,12)13)6-14-8(15)17-9(2,3)4;1-2-10-4(3-9)5(6,7)8/h7H,5-6H2,1-4H3,(H,14,15);4H,2-3,9H2,1H3. The van der Waals surface area contributed by atoms with Crippen molar-refractivity contribution in [3.8, 4) is 0 Å². The molecule has 0 aromatic carbocycles. The van der Waals surface area contributed by atoms with Gasteiger partial charge in [0.05, 0.1) is 6.54 Å². The van der Waals surface area contributed by atoms with E-state index in [9.17, 15) is 31.1 Å². The molecule has 0 fully saturated rings. The van der Waals surface area contributed by atoms with Crippen LogP contribution in [0.5, 0.6) is 0 Å². The minimum Gasteiger partial charge on any atom is -0.444 e. The molecule has 12 heteroatoms. The van der Waals surface area contributed by atoms with Crippen LogP contribution >= 0.6 is 0 Å². The number of amides is 1. The zero-order valence-electron chi connectivity index (χ0n) is 16.0. The Labute approximate surface area is 154 Å². The lowest BCUT2D eigenvalue weighted by molar-refractivity contribution is -0.216. The van der Waals surface area contributed by atoms with Crippen molar-refractivity contribution in [1.82, 2.24) is 5.32 Å². The number of alkyl halides is 6. The molecule has 0 aliphatic rings. The second kappa shape index (κ2) is 12.2. The Bertz CT molecular complexity index is 411. The second-order valence-corrected chi connectivity index (χ2v) is 6.09. The van der Waals surface area contributed by atoms with Crippen molar-refractivity contribution in [3.05, 3.63) is 0 Å². The first kappa shape index (κ1) is 27.9. The number of hydrogen-bond donors (Lipinski definition) is 2. The van der Waals surface area contributed by atoms with Crippen LogP contribution in [0, 0.1) is 0 Å². The van der Waals surface area contributed by atoms with Gasteiger partial charge >= 0.3 is 18.4 Å². The number of nitrogens with one attached hydrogen (secondary N) is 1. The molecule has 0 radical (unpaired) electrons. The van der Waals surface area contributed by atoms with Crippen molar-refractivity contribution < 1.29 is 45.3 Å². The van der Waals surface area contributed by atoms with E-state index in [0.717, 1.165) is 0 Å². The van der Waals surface area contributed by atoms with Crippen LogP contribution < -0.4 is 11.1 Å². The molecular formula is C15H28F6N2O4. The lowest BCUT2D eigenvalue weighted by Gasteiger charge is -2.23. The van der Waals surface area contributed by atoms with E-state index in [4.69, 9.17) is 10.5 Å². The van der Waals surface area contributed by atoms with Gasteiger partial charge in [0.15, 0.2) is 12.2 Å². The van der Waals surface area contributed by atoms with Crippen LogP contribution in [-0.2, 0) is 14.2 Å². The van der Waals surface area contributed by atoms with Gasteiger partial charge < -0.3 is 25.3 Å². The summed E-state index contributed by atoms with van der Waals surface area (Å²) in [7, 11) is 0. The predicted molar refractivity (Wildman–Crippen MR) is 86.2 cm³/mol. The topological polar surface area (TPSA) is 82.8 Å². The fourth-order valence-electron chi connectivity index (χ4n) is 1.46. The Kier molecular flexibility index (Phi) is 12.7. The average molecular weight is 414 g/mol. The summed E-state index contributed by atoms with van der Waals surface area (Å²) in [4.78, 5) is 11.1. The van der Waals surface area contributed by atoms with E-state index in [-0.39, 0.29) is 13.2 Å². The number of carbonyl (C=O) groups is 1. The number of alkyl carbamates (subject to hydrolysis) is 1. The minimum atomic E-state index is -4.51. The zero-order chi connectivity index (χ0) is 21.9. The van der Waals surface area contributed by atoms with Crippen molar-refractivity contribution in [2.24, 2.45) is 5.73 Å². The molecule has 0 aliphatic heterocycles. The van der Waals surface area contributed by atoms with E-state index >= 15 is 0 Å². The highest BCUT2D eigenvalue weighted by Gasteiger charge is 2.41. The third-order valence-corrected chi connectivity index (χ3v) is 2.51. The molecule has 0 saturated heterocycles. The molecule has 0 heterocycles. The molecule has 27 heavy (non-hydrogen) atoms. The molecule has 0 spiro atoms. The third kappa shape index (κ3) is 15.5. The van der Waals surface area contributed by atoms with Gasteiger partial charge in [0.2, 0.25) is 0 Å². The van der Waals surface area contributed by atoms with E-state index in [1.807, 2.05) is 5.32 Å². The summed E-state index contributed by atoms with van der Waals surface area (Å²) in [6.07, 6.45) is -13.6. The van der Waals surface area contributed by atoms with E-state index in [1.54, 1.807) is 20.8 Å². The summed E-state index contributed by atoms with van der Waals surface area (Å²) < 4.78 is 85.8. The molecule has 0 aliphatic carbocycles. The Morgan fingerprint density at radius 3 is 1.59 bits per heavy atom. The van der Waals surface area contributed by atoms with E-state index < -0.39 is 49.3 Å². The fraction of sp³-hybridized carbons (Fsp3) is 0.933. The largest absolute Gasteiger partial charge is 0.444 e. The first-order valence-corrected chi connectivity index (χ1v) is 8.11. The molecule has 6 nitrogen and oxygen atoms in total. The average Bonchev–Trinajstić information content (AvgIpc) is 2.45. The highest BCUT2D eigenvalue weighted by atomic mass is 19.4. The molecule has 0 saturated carbocycles. The molecule has 2 atom stereocenters. The zero-order valence-corrected chi connectivity index (χ0v) is 16.0. The lowest BCUT2D eigenvalue weighted by Crippen LogP contribution is -2.44. The maximum Gasteiger partial charge on any atom is 0.416 e. The summed E-state index contributed by atoms with van der Waals surface area (Å²) in [5.74, 6) is 0. The normalized spacial score (nSPS) is 14.7. The Morgan fingerprint density at radius 1 is 0.926 bits per heavy atom. The van der Waals surface area contributed by atoms with Gasteiger partial charge in [-0.2, -0.15) is 26.3 Å². The van der Waals surface area contributed by atoms with Crippen molar-refractivity contribution in [1.29, 1.82) is 0 Å². The molecule has 0 aromatic heterocycles. The summed E-state index contributed by atoms with van der Waals surface area (Å²) in [5.41, 5.74) is 4.05. The van der Waals surface area contributed by atoms with E-state index in [2.05, 4.69) is 9.47 Å². The van der Waals surface area contributed by atoms with Crippen LogP contribution in [0.15, 0.2) is 0 Å². The Balaban J connectivity index is 0. The number of ether oxygens (including phenoxy) is 3. The molecule has 0 bridgehead atoms. The summed E-state index contributed by atoms with van der Waals surface area (Å²) in [5, 5.41) is 2.02. The molecule has 2 unspecified atom stereocenters. The number of nitrogens with two attached hydrogens (primary N) is 1. The van der Waals surface area contributed by atoms with Crippen LogP contribution in [0.2, 0.25) is 0 Å². The van der Waals surface area contributed by atoms with Crippen LogP contribution in [0.4, 0.5) is 31.1 Å². The lowest BCUT2D eigenvalue weighted by atomic mass is 10.2. The van der Waals surface area contributed by atoms with Crippen molar-refractivity contribution in [2.75, 3.05) is 26.3 Å². The maximum atomic E-state index is 12.4. The minimum absolute atomic E-state index is 0.0291. The summed E-state index contributed by atoms with van der Waals surface area (Å²) in [6.45, 7) is 6.58. The molecule has 3 N–H and O–H groups in total. The molecule has 0 rings (SSSR count). The van der Waals surface area contributed by atoms with Gasteiger partial charge in [-0.1, -0.05) is 0 Å². The van der Waals surface area contributed by atoms with Crippen molar-refractivity contribution in [3.63, 3.8) is 0 Å². The second-order valence-electron chi connectivity index (χ2n) is 6.09. The maximum absolute atomic E-state index is 12.4. The quantitative estimate of drug-likeness (QED) is 0.624. The van der Waals surface area contributed by atoms with Gasteiger partial charge in [-0.3, -0.25) is 0 Å². The smallest absolute Gasteiger partial charge is 0.416 e. The Morgan fingerprint density at radius 2 is 1.33 bits per heavy atom. The monoisotopic (exact) mass is 414 g/mol. The third-order valence-electron chi connectivity index (χ3n) is 2.51. The number of carbonyl (C=O) groups excluding carboxylic acids is 1. The first-order valence-electron chi connectivity index (χ1n) is 8.11. The van der Waals surface area contributed by atoms with Gasteiger partial charge in [-0.05, 0) is 34.6 Å². The van der Waals surface area contributed by atoms with Gasteiger partial charge in [0.25, 0.3) is 0 Å². The van der Waals surface area contributed by atoms with Gasteiger partial charge in [0, 0.05) is 19.8 Å². The molecule has 164 valence electrons. The fourth-order valence-corrected chi connectivity index (χ4v) is 1.46. The van der Waals surface area contributed by atoms with E-state index in [0.29, 0.717) is 0 Å². The SMILES string of the molecule is CCOC(CN)C(F)(F)F.CCOC(CNC(=O)OC(C)(C)C)C(F)(F)F. The van der Waals surface area contributed by atoms with Gasteiger partial charge in [-0.25, -0.2) is 4.79 Å². The number of rotatable bonds is 7. The summed E-state index contributed by atoms with van der Waals surface area (Å²) >= 11 is 0. The predicted octanol–water partition coefficient (Wildman–Crippen LogP) is 3.39. The molecule has 1 amide bonds. The van der Waals surface area contributed by atoms with Crippen LogP contribution in [-0.4, -0.2) is 62.6 Å². The molecule has 0 aromatic rings. The van der Waals surface area contributed by atoms with Crippen LogP contribution in [0.25, 0.3) is 0 Å². The van der Waals surface area contributed by atoms with Crippen LogP contribution in [0.3, 0.4) is 0 Å². The highest BCUT2D eigenvalue weighted by Crippen LogP contribution is 2.22. The summed E-state index contributed by atoms with van der Waals surface area (Å²) in [6, 6.07) is 0. The number of hydrogen-bond acceptors (Lipinski definition) is 5. The van der Waals surface area contributed by atoms with Crippen molar-refractivity contribution in [2.45, 2.75) is 64.8 Å². The van der Waals surface area contributed by atoms with Gasteiger partial charge in [0.1, 0.15) is 5.60 Å². The number of halogens is 6. The Hall–Kier alpha value is -1.27. The van der Waals surface area contributed by atoms with Crippen LogP contribution in [0.1, 0.15) is 34.6 Å². The highest BCUT2D eigenvalue weighted by molar-refractivity contribution is 5.67. The van der Waals surface area contributed by atoms with Gasteiger partial charge in [-0.15, -0.1) is 0 Å².